The number of carbonyl (C=O) groups is 1. The summed E-state index contributed by atoms with van der Waals surface area (Å²) in [7, 11) is 0. The van der Waals surface area contributed by atoms with E-state index in [1.165, 1.54) is 0 Å². The summed E-state index contributed by atoms with van der Waals surface area (Å²) in [5.41, 5.74) is -0.146. The Balaban J connectivity index is 1.94. The van der Waals surface area contributed by atoms with Crippen molar-refractivity contribution < 1.29 is 9.53 Å². The molecule has 4 nitrogen and oxygen atoms in total. The van der Waals surface area contributed by atoms with Gasteiger partial charge >= 0.3 is 0 Å². The van der Waals surface area contributed by atoms with Gasteiger partial charge in [-0.15, -0.1) is 0 Å². The van der Waals surface area contributed by atoms with E-state index >= 15 is 0 Å². The van der Waals surface area contributed by atoms with Gasteiger partial charge in [-0.25, -0.2) is 0 Å². The van der Waals surface area contributed by atoms with Crippen molar-refractivity contribution in [3.05, 3.63) is 0 Å². The summed E-state index contributed by atoms with van der Waals surface area (Å²) in [6, 6.07) is 0. The van der Waals surface area contributed by atoms with E-state index < -0.39 is 0 Å². The van der Waals surface area contributed by atoms with E-state index in [0.29, 0.717) is 5.91 Å². The highest BCUT2D eigenvalue weighted by Gasteiger charge is 2.42. The van der Waals surface area contributed by atoms with Gasteiger partial charge in [0.15, 0.2) is 0 Å². The number of nitrogens with one attached hydrogen (secondary N) is 1. The van der Waals surface area contributed by atoms with E-state index in [0.717, 1.165) is 64.9 Å². The molecule has 0 saturated carbocycles. The van der Waals surface area contributed by atoms with Crippen molar-refractivity contribution in [2.45, 2.75) is 52.1 Å². The van der Waals surface area contributed by atoms with E-state index in [9.17, 15) is 4.79 Å². The lowest BCUT2D eigenvalue weighted by atomic mass is 9.82. The quantitative estimate of drug-likeness (QED) is 0.826. The predicted octanol–water partition coefficient (Wildman–Crippen LogP) is 1.79. The first-order valence-electron chi connectivity index (χ1n) is 7.83. The van der Waals surface area contributed by atoms with Crippen LogP contribution in [0.25, 0.3) is 0 Å². The van der Waals surface area contributed by atoms with Crippen molar-refractivity contribution >= 4 is 5.91 Å². The van der Waals surface area contributed by atoms with Gasteiger partial charge in [-0.2, -0.15) is 0 Å². The summed E-state index contributed by atoms with van der Waals surface area (Å²) in [6.07, 6.45) is 5.40. The number of ether oxygens (including phenoxy) is 1. The average molecular weight is 268 g/mol. The molecule has 2 atom stereocenters. The van der Waals surface area contributed by atoms with Crippen LogP contribution in [-0.4, -0.2) is 49.7 Å². The zero-order valence-electron chi connectivity index (χ0n) is 12.4. The Labute approximate surface area is 116 Å². The fourth-order valence-electron chi connectivity index (χ4n) is 3.26. The normalized spacial score (nSPS) is 31.7. The molecule has 0 aromatic carbocycles. The minimum atomic E-state index is -0.146. The fourth-order valence-corrected chi connectivity index (χ4v) is 3.26. The van der Waals surface area contributed by atoms with Crippen LogP contribution in [0.1, 0.15) is 46.0 Å². The van der Waals surface area contributed by atoms with Gasteiger partial charge in [0.05, 0.1) is 11.5 Å². The number of likely N-dealkylation sites (tertiary alicyclic amines) is 1. The highest BCUT2D eigenvalue weighted by atomic mass is 16.5. The SMILES string of the molecule is CCCOC1CCCN(C(=O)C2(CC)CCNC2)C1. The fraction of sp³-hybridized carbons (Fsp3) is 0.933. The molecule has 110 valence electrons. The van der Waals surface area contributed by atoms with Crippen LogP contribution in [0, 0.1) is 5.41 Å². The van der Waals surface area contributed by atoms with Crippen LogP contribution in [0.3, 0.4) is 0 Å². The molecule has 0 aromatic heterocycles. The third-order valence-corrected chi connectivity index (χ3v) is 4.60. The van der Waals surface area contributed by atoms with E-state index in [2.05, 4.69) is 24.1 Å². The van der Waals surface area contributed by atoms with Gasteiger partial charge in [0.2, 0.25) is 5.91 Å². The molecule has 2 heterocycles. The maximum Gasteiger partial charge on any atom is 0.230 e. The van der Waals surface area contributed by atoms with Crippen LogP contribution in [-0.2, 0) is 9.53 Å². The molecular weight excluding hydrogens is 240 g/mol. The molecule has 2 fully saturated rings. The van der Waals surface area contributed by atoms with Gasteiger partial charge in [-0.1, -0.05) is 13.8 Å². The number of hydrogen-bond donors (Lipinski definition) is 1. The molecular formula is C15H28N2O2. The van der Waals surface area contributed by atoms with Crippen molar-refractivity contribution in [1.82, 2.24) is 10.2 Å². The molecule has 1 amide bonds. The van der Waals surface area contributed by atoms with Crippen LogP contribution in [0.15, 0.2) is 0 Å². The molecule has 1 N–H and O–H groups in total. The van der Waals surface area contributed by atoms with Crippen molar-refractivity contribution in [3.63, 3.8) is 0 Å². The molecule has 2 unspecified atom stereocenters. The lowest BCUT2D eigenvalue weighted by molar-refractivity contribution is -0.145. The first-order chi connectivity index (χ1) is 9.22. The third kappa shape index (κ3) is 3.29. The second-order valence-corrected chi connectivity index (χ2v) is 5.95. The van der Waals surface area contributed by atoms with Crippen LogP contribution < -0.4 is 5.32 Å². The molecule has 2 saturated heterocycles. The molecule has 2 aliphatic rings. The summed E-state index contributed by atoms with van der Waals surface area (Å²) >= 11 is 0. The van der Waals surface area contributed by atoms with Crippen LogP contribution in [0.4, 0.5) is 0 Å². The van der Waals surface area contributed by atoms with E-state index in [1.54, 1.807) is 0 Å². The second kappa shape index (κ2) is 6.71. The molecule has 2 rings (SSSR count). The summed E-state index contributed by atoms with van der Waals surface area (Å²) in [4.78, 5) is 14.9. The number of nitrogens with zero attached hydrogens (tertiary/aromatic N) is 1. The Morgan fingerprint density at radius 3 is 2.95 bits per heavy atom. The number of rotatable bonds is 5. The zero-order chi connectivity index (χ0) is 13.7. The Morgan fingerprint density at radius 2 is 2.32 bits per heavy atom. The van der Waals surface area contributed by atoms with Crippen LogP contribution in [0.2, 0.25) is 0 Å². The Morgan fingerprint density at radius 1 is 1.47 bits per heavy atom. The molecule has 0 spiro atoms. The Hall–Kier alpha value is -0.610. The zero-order valence-corrected chi connectivity index (χ0v) is 12.4. The molecule has 0 bridgehead atoms. The first kappa shape index (κ1) is 14.8. The number of piperidine rings is 1. The minimum Gasteiger partial charge on any atom is -0.376 e. The second-order valence-electron chi connectivity index (χ2n) is 5.95. The summed E-state index contributed by atoms with van der Waals surface area (Å²) in [6.45, 7) is 8.60. The third-order valence-electron chi connectivity index (χ3n) is 4.60. The predicted molar refractivity (Wildman–Crippen MR) is 76.1 cm³/mol. The van der Waals surface area contributed by atoms with E-state index in [1.807, 2.05) is 0 Å². The van der Waals surface area contributed by atoms with Crippen molar-refractivity contribution in [3.8, 4) is 0 Å². The van der Waals surface area contributed by atoms with Crippen LogP contribution in [0.5, 0.6) is 0 Å². The van der Waals surface area contributed by atoms with Gasteiger partial charge in [0, 0.05) is 26.2 Å². The van der Waals surface area contributed by atoms with Gasteiger partial charge in [0.1, 0.15) is 0 Å². The van der Waals surface area contributed by atoms with Crippen molar-refractivity contribution in [1.29, 1.82) is 0 Å². The van der Waals surface area contributed by atoms with Gasteiger partial charge in [-0.3, -0.25) is 4.79 Å². The van der Waals surface area contributed by atoms with Gasteiger partial charge in [0.25, 0.3) is 0 Å². The molecule has 0 radical (unpaired) electrons. The molecule has 2 aliphatic heterocycles. The van der Waals surface area contributed by atoms with E-state index in [-0.39, 0.29) is 11.5 Å². The molecule has 0 aliphatic carbocycles. The van der Waals surface area contributed by atoms with Gasteiger partial charge in [-0.05, 0) is 38.6 Å². The van der Waals surface area contributed by atoms with E-state index in [4.69, 9.17) is 4.74 Å². The molecule has 19 heavy (non-hydrogen) atoms. The summed E-state index contributed by atoms with van der Waals surface area (Å²) in [5.74, 6) is 0.352. The van der Waals surface area contributed by atoms with Crippen LogP contribution >= 0.6 is 0 Å². The Bertz CT molecular complexity index is 301. The number of amides is 1. The van der Waals surface area contributed by atoms with Crippen molar-refractivity contribution in [2.75, 3.05) is 32.8 Å². The highest BCUT2D eigenvalue weighted by Crippen LogP contribution is 2.33. The summed E-state index contributed by atoms with van der Waals surface area (Å²) < 4.78 is 5.83. The highest BCUT2D eigenvalue weighted by molar-refractivity contribution is 5.83. The smallest absolute Gasteiger partial charge is 0.230 e. The minimum absolute atomic E-state index is 0.146. The van der Waals surface area contributed by atoms with Crippen molar-refractivity contribution in [2.24, 2.45) is 5.41 Å². The average Bonchev–Trinajstić information content (AvgIpc) is 2.94. The lowest BCUT2D eigenvalue weighted by Gasteiger charge is -2.38. The Kier molecular flexibility index (Phi) is 5.22. The number of hydrogen-bond acceptors (Lipinski definition) is 3. The lowest BCUT2D eigenvalue weighted by Crippen LogP contribution is -2.50. The molecule has 4 heteroatoms. The maximum atomic E-state index is 12.8. The molecule has 0 aromatic rings. The summed E-state index contributed by atoms with van der Waals surface area (Å²) in [5, 5.41) is 3.35. The number of carbonyl (C=O) groups excluding carboxylic acids is 1. The standard InChI is InChI=1S/C15H28N2O2/c1-3-10-19-13-6-5-9-17(11-13)14(18)15(4-2)7-8-16-12-15/h13,16H,3-12H2,1-2H3. The largest absolute Gasteiger partial charge is 0.376 e. The topological polar surface area (TPSA) is 41.6 Å². The van der Waals surface area contributed by atoms with Gasteiger partial charge < -0.3 is 15.0 Å². The maximum absolute atomic E-state index is 12.8. The first-order valence-corrected chi connectivity index (χ1v) is 7.83. The monoisotopic (exact) mass is 268 g/mol.